The Bertz CT molecular complexity index is 807. The first-order valence-corrected chi connectivity index (χ1v) is 11.1. The first-order valence-electron chi connectivity index (χ1n) is 8.74. The van der Waals surface area contributed by atoms with Gasteiger partial charge in [0, 0.05) is 38.4 Å². The maximum Gasteiger partial charge on any atom is 0.250 e. The molecule has 2 aromatic heterocycles. The van der Waals surface area contributed by atoms with Crippen LogP contribution < -0.4 is 4.72 Å². The molecular weight excluding hydrogens is 370 g/mol. The molecule has 2 aromatic rings. The van der Waals surface area contributed by atoms with Crippen LogP contribution in [0.4, 0.5) is 0 Å². The van der Waals surface area contributed by atoms with Crippen LogP contribution in [0.25, 0.3) is 0 Å². The Morgan fingerprint density at radius 1 is 1.31 bits per heavy atom. The third kappa shape index (κ3) is 5.12. The van der Waals surface area contributed by atoms with E-state index in [1.165, 1.54) is 11.3 Å². The highest BCUT2D eigenvalue weighted by atomic mass is 32.2. The molecule has 26 heavy (non-hydrogen) atoms. The number of amides is 1. The first kappa shape index (κ1) is 19.0. The Balaban J connectivity index is 1.48. The van der Waals surface area contributed by atoms with Crippen LogP contribution in [0.15, 0.2) is 46.2 Å². The van der Waals surface area contributed by atoms with Crippen molar-refractivity contribution in [3.8, 4) is 0 Å². The van der Waals surface area contributed by atoms with E-state index in [0.29, 0.717) is 30.1 Å². The van der Waals surface area contributed by atoms with Crippen molar-refractivity contribution in [2.24, 2.45) is 5.92 Å². The van der Waals surface area contributed by atoms with Gasteiger partial charge in [0.15, 0.2) is 0 Å². The van der Waals surface area contributed by atoms with Crippen molar-refractivity contribution in [2.75, 3.05) is 19.6 Å². The number of piperidine rings is 1. The van der Waals surface area contributed by atoms with E-state index in [1.54, 1.807) is 29.9 Å². The largest absolute Gasteiger partial charge is 0.342 e. The minimum Gasteiger partial charge on any atom is -0.342 e. The molecule has 6 nitrogen and oxygen atoms in total. The monoisotopic (exact) mass is 393 g/mol. The van der Waals surface area contributed by atoms with Crippen molar-refractivity contribution in [1.29, 1.82) is 0 Å². The Hall–Kier alpha value is -1.77. The zero-order chi connectivity index (χ0) is 18.4. The molecule has 1 N–H and O–H groups in total. The van der Waals surface area contributed by atoms with E-state index < -0.39 is 10.0 Å². The number of likely N-dealkylation sites (tertiary alicyclic amines) is 1. The van der Waals surface area contributed by atoms with Gasteiger partial charge in [0.25, 0.3) is 0 Å². The number of hydrogen-bond acceptors (Lipinski definition) is 5. The molecule has 0 aromatic carbocycles. The molecule has 1 aliphatic heterocycles. The van der Waals surface area contributed by atoms with Crippen LogP contribution in [0.1, 0.15) is 24.8 Å². The van der Waals surface area contributed by atoms with E-state index in [4.69, 9.17) is 0 Å². The predicted octanol–water partition coefficient (Wildman–Crippen LogP) is 2.29. The lowest BCUT2D eigenvalue weighted by Gasteiger charge is -2.33. The molecule has 8 heteroatoms. The summed E-state index contributed by atoms with van der Waals surface area (Å²) in [7, 11) is -3.44. The quantitative estimate of drug-likeness (QED) is 0.783. The number of rotatable bonds is 7. The van der Waals surface area contributed by atoms with Crippen molar-refractivity contribution < 1.29 is 13.2 Å². The highest BCUT2D eigenvalue weighted by Gasteiger charge is 2.25. The van der Waals surface area contributed by atoms with Crippen LogP contribution in [-0.2, 0) is 21.2 Å². The van der Waals surface area contributed by atoms with Crippen molar-refractivity contribution in [1.82, 2.24) is 14.6 Å². The van der Waals surface area contributed by atoms with E-state index in [9.17, 15) is 13.2 Å². The van der Waals surface area contributed by atoms with Gasteiger partial charge in [0.1, 0.15) is 4.21 Å². The van der Waals surface area contributed by atoms with Gasteiger partial charge in [-0.15, -0.1) is 11.3 Å². The number of aryl methyl sites for hydroxylation is 1. The second-order valence-corrected chi connectivity index (χ2v) is 9.43. The fourth-order valence-electron chi connectivity index (χ4n) is 3.13. The number of nitrogens with zero attached hydrogens (tertiary/aromatic N) is 2. The highest BCUT2D eigenvalue weighted by Crippen LogP contribution is 2.19. The van der Waals surface area contributed by atoms with Gasteiger partial charge in [0.05, 0.1) is 0 Å². The molecule has 3 rings (SSSR count). The van der Waals surface area contributed by atoms with Crippen LogP contribution in [0.5, 0.6) is 0 Å². The summed E-state index contributed by atoms with van der Waals surface area (Å²) in [5.41, 5.74) is 1.10. The van der Waals surface area contributed by atoms with E-state index >= 15 is 0 Å². The Morgan fingerprint density at radius 2 is 2.12 bits per heavy atom. The molecule has 1 fully saturated rings. The third-order valence-electron chi connectivity index (χ3n) is 4.57. The first-order chi connectivity index (χ1) is 12.5. The molecule has 0 saturated carbocycles. The lowest BCUT2D eigenvalue weighted by atomic mass is 9.98. The summed E-state index contributed by atoms with van der Waals surface area (Å²) in [6.07, 6.45) is 6.48. The summed E-state index contributed by atoms with van der Waals surface area (Å²) in [5, 5.41) is 1.75. The molecule has 0 spiro atoms. The number of carbonyl (C=O) groups excluding carboxylic acids is 1. The summed E-state index contributed by atoms with van der Waals surface area (Å²) < 4.78 is 27.5. The Labute approximate surface area is 158 Å². The molecule has 1 atom stereocenters. The Kier molecular flexibility index (Phi) is 6.39. The number of nitrogens with one attached hydrogen (secondary N) is 1. The molecule has 0 unspecified atom stereocenters. The van der Waals surface area contributed by atoms with Gasteiger partial charge in [-0.05, 0) is 54.3 Å². The Morgan fingerprint density at radius 3 is 2.85 bits per heavy atom. The van der Waals surface area contributed by atoms with Gasteiger partial charge in [-0.2, -0.15) is 0 Å². The van der Waals surface area contributed by atoms with E-state index in [2.05, 4.69) is 9.71 Å². The van der Waals surface area contributed by atoms with Crippen LogP contribution in [0.3, 0.4) is 0 Å². The molecule has 1 aliphatic rings. The maximum absolute atomic E-state index is 12.5. The maximum atomic E-state index is 12.5. The summed E-state index contributed by atoms with van der Waals surface area (Å²) >= 11 is 1.21. The van der Waals surface area contributed by atoms with Crippen molar-refractivity contribution in [3.05, 3.63) is 47.6 Å². The second kappa shape index (κ2) is 8.75. The van der Waals surface area contributed by atoms with Crippen LogP contribution in [-0.4, -0.2) is 43.8 Å². The van der Waals surface area contributed by atoms with Gasteiger partial charge in [-0.3, -0.25) is 9.78 Å². The fraction of sp³-hybridized carbons (Fsp3) is 0.444. The number of pyridine rings is 1. The minimum absolute atomic E-state index is 0.132. The number of thiophene rings is 1. The average molecular weight is 394 g/mol. The molecule has 0 bridgehead atoms. The molecular formula is C18H23N3O3S2. The molecule has 140 valence electrons. The highest BCUT2D eigenvalue weighted by molar-refractivity contribution is 7.91. The van der Waals surface area contributed by atoms with Crippen molar-refractivity contribution in [3.63, 3.8) is 0 Å². The van der Waals surface area contributed by atoms with Gasteiger partial charge < -0.3 is 4.90 Å². The summed E-state index contributed by atoms with van der Waals surface area (Å²) in [6, 6.07) is 7.17. The number of hydrogen-bond donors (Lipinski definition) is 1. The van der Waals surface area contributed by atoms with Crippen molar-refractivity contribution in [2.45, 2.75) is 29.9 Å². The van der Waals surface area contributed by atoms with E-state index in [0.717, 1.165) is 24.9 Å². The SMILES string of the molecule is O=C(CCc1ccncc1)N1CCC[C@@H](CNS(=O)(=O)c2cccs2)C1. The van der Waals surface area contributed by atoms with E-state index in [1.807, 2.05) is 17.0 Å². The molecule has 1 amide bonds. The number of carbonyl (C=O) groups is 1. The standard InChI is InChI=1S/C18H23N3O3S2/c22-17(6-5-15-7-9-19-10-8-15)21-11-1-3-16(14-21)13-20-26(23,24)18-4-2-12-25-18/h2,4,7-10,12,16,20H,1,3,5-6,11,13-14H2/t16-/m0/s1. The second-order valence-electron chi connectivity index (χ2n) is 6.49. The van der Waals surface area contributed by atoms with Crippen LogP contribution in [0, 0.1) is 5.92 Å². The zero-order valence-corrected chi connectivity index (χ0v) is 16.1. The van der Waals surface area contributed by atoms with Crippen LogP contribution >= 0.6 is 11.3 Å². The molecule has 3 heterocycles. The summed E-state index contributed by atoms with van der Waals surface area (Å²) in [6.45, 7) is 1.74. The van der Waals surface area contributed by atoms with Gasteiger partial charge in [-0.25, -0.2) is 13.1 Å². The average Bonchev–Trinajstić information content (AvgIpc) is 3.21. The predicted molar refractivity (Wildman–Crippen MR) is 101 cm³/mol. The van der Waals surface area contributed by atoms with Crippen molar-refractivity contribution >= 4 is 27.3 Å². The van der Waals surface area contributed by atoms with Gasteiger partial charge in [0.2, 0.25) is 15.9 Å². The number of sulfonamides is 1. The van der Waals surface area contributed by atoms with Crippen LogP contribution in [0.2, 0.25) is 0 Å². The molecule has 0 radical (unpaired) electrons. The van der Waals surface area contributed by atoms with Gasteiger partial charge in [-0.1, -0.05) is 6.07 Å². The minimum atomic E-state index is -3.44. The number of aromatic nitrogens is 1. The normalized spacial score (nSPS) is 18.0. The summed E-state index contributed by atoms with van der Waals surface area (Å²) in [5.74, 6) is 0.288. The lowest BCUT2D eigenvalue weighted by molar-refractivity contribution is -0.132. The zero-order valence-electron chi connectivity index (χ0n) is 14.5. The molecule has 0 aliphatic carbocycles. The fourth-order valence-corrected chi connectivity index (χ4v) is 5.29. The smallest absolute Gasteiger partial charge is 0.250 e. The third-order valence-corrected chi connectivity index (χ3v) is 7.39. The van der Waals surface area contributed by atoms with E-state index in [-0.39, 0.29) is 11.8 Å². The summed E-state index contributed by atoms with van der Waals surface area (Å²) in [4.78, 5) is 18.3. The van der Waals surface area contributed by atoms with Gasteiger partial charge >= 0.3 is 0 Å². The lowest BCUT2D eigenvalue weighted by Crippen LogP contribution is -2.43. The topological polar surface area (TPSA) is 79.4 Å². The molecule has 1 saturated heterocycles.